The highest BCUT2D eigenvalue weighted by molar-refractivity contribution is 7.13. The van der Waals surface area contributed by atoms with Gasteiger partial charge in [0.05, 0.1) is 17.1 Å². The van der Waals surface area contributed by atoms with Crippen LogP contribution in [0.25, 0.3) is 10.7 Å². The van der Waals surface area contributed by atoms with Crippen LogP contribution in [0.1, 0.15) is 39.0 Å². The molecule has 0 radical (unpaired) electrons. The minimum Gasteiger partial charge on any atom is -0.477 e. The van der Waals surface area contributed by atoms with Gasteiger partial charge in [-0.25, -0.2) is 0 Å². The number of hydrogen-bond acceptors (Lipinski definition) is 7. The third kappa shape index (κ3) is 5.07. The van der Waals surface area contributed by atoms with Gasteiger partial charge in [-0.15, -0.1) is 11.3 Å². The quantitative estimate of drug-likeness (QED) is 0.534. The zero-order chi connectivity index (χ0) is 21.6. The maximum absolute atomic E-state index is 12.8. The fourth-order valence-electron chi connectivity index (χ4n) is 3.73. The van der Waals surface area contributed by atoms with Crippen molar-refractivity contribution in [2.75, 3.05) is 18.0 Å². The number of nitrogens with one attached hydrogen (secondary N) is 1. The number of aromatic nitrogens is 2. The number of rotatable bonds is 9. The molecule has 3 aromatic rings. The minimum atomic E-state index is -0.524. The normalized spacial score (nSPS) is 15.6. The monoisotopic (exact) mass is 440 g/mol. The molecule has 1 unspecified atom stereocenters. The molecule has 0 saturated carbocycles. The lowest BCUT2D eigenvalue weighted by Gasteiger charge is -2.36. The number of aryl methyl sites for hydroxylation is 1. The van der Waals surface area contributed by atoms with Crippen LogP contribution in [0.15, 0.2) is 46.3 Å². The van der Waals surface area contributed by atoms with E-state index < -0.39 is 6.10 Å². The number of ether oxygens (including phenoxy) is 1. The molecule has 1 aliphatic rings. The molecule has 0 saturated heterocycles. The first kappa shape index (κ1) is 21.4. The smallest absolute Gasteiger partial charge is 0.263 e. The van der Waals surface area contributed by atoms with Gasteiger partial charge in [0.1, 0.15) is 5.75 Å². The van der Waals surface area contributed by atoms with Crippen molar-refractivity contribution < 1.29 is 14.1 Å². The number of fused-ring (bicyclic) bond motifs is 1. The lowest BCUT2D eigenvalue weighted by molar-refractivity contribution is -0.128. The Labute approximate surface area is 186 Å². The summed E-state index contributed by atoms with van der Waals surface area (Å²) in [5, 5.41) is 9.19. The summed E-state index contributed by atoms with van der Waals surface area (Å²) in [4.78, 5) is 20.5. The van der Waals surface area contributed by atoms with Crippen molar-refractivity contribution in [1.29, 1.82) is 0 Å². The van der Waals surface area contributed by atoms with Gasteiger partial charge in [0, 0.05) is 19.0 Å². The number of benzene rings is 1. The summed E-state index contributed by atoms with van der Waals surface area (Å²) in [6.45, 7) is 5.46. The molecule has 1 amide bonds. The van der Waals surface area contributed by atoms with E-state index in [4.69, 9.17) is 9.26 Å². The Bertz CT molecular complexity index is 984. The lowest BCUT2D eigenvalue weighted by atomic mass is 10.1. The molecule has 8 heteroatoms. The minimum absolute atomic E-state index is 0.0503. The summed E-state index contributed by atoms with van der Waals surface area (Å²) in [5.74, 6) is 1.97. The number of amides is 1. The standard InChI is InChI=1S/C23H28N4O3S/c1-3-16(4-2)24-23(28)19-15-27(17-9-5-6-10-18(17)29-19)13-7-12-21-25-22(26-30-21)20-11-8-14-31-20/h5-6,8-11,14,16,19H,3-4,7,12-13,15H2,1-2H3,(H,24,28). The molecular formula is C23H28N4O3S. The zero-order valence-corrected chi connectivity index (χ0v) is 18.7. The van der Waals surface area contributed by atoms with E-state index in [1.165, 1.54) is 0 Å². The molecule has 1 aliphatic heterocycles. The molecule has 1 N–H and O–H groups in total. The Kier molecular flexibility index (Phi) is 6.86. The summed E-state index contributed by atoms with van der Waals surface area (Å²) in [5.41, 5.74) is 1.01. The van der Waals surface area contributed by atoms with E-state index >= 15 is 0 Å². The van der Waals surface area contributed by atoms with E-state index in [1.54, 1.807) is 11.3 Å². The lowest BCUT2D eigenvalue weighted by Crippen LogP contribution is -2.51. The second kappa shape index (κ2) is 9.96. The fraction of sp³-hybridized carbons (Fsp3) is 0.435. The molecule has 7 nitrogen and oxygen atoms in total. The summed E-state index contributed by atoms with van der Waals surface area (Å²) in [6, 6.07) is 12.0. The number of anilines is 1. The van der Waals surface area contributed by atoms with Gasteiger partial charge in [-0.1, -0.05) is 37.2 Å². The first-order valence-corrected chi connectivity index (χ1v) is 11.7. The van der Waals surface area contributed by atoms with Crippen LogP contribution in [0.5, 0.6) is 5.75 Å². The third-order valence-electron chi connectivity index (χ3n) is 5.51. The maximum Gasteiger partial charge on any atom is 0.263 e. The predicted molar refractivity (Wildman–Crippen MR) is 122 cm³/mol. The highest BCUT2D eigenvalue weighted by Gasteiger charge is 2.31. The van der Waals surface area contributed by atoms with Crippen LogP contribution >= 0.6 is 11.3 Å². The Morgan fingerprint density at radius 3 is 2.87 bits per heavy atom. The highest BCUT2D eigenvalue weighted by atomic mass is 32.1. The Morgan fingerprint density at radius 2 is 2.10 bits per heavy atom. The topological polar surface area (TPSA) is 80.5 Å². The summed E-state index contributed by atoms with van der Waals surface area (Å²) in [7, 11) is 0. The molecule has 1 aromatic carbocycles. The number of nitrogens with zero attached hydrogens (tertiary/aromatic N) is 3. The number of thiophene rings is 1. The molecule has 31 heavy (non-hydrogen) atoms. The van der Waals surface area contributed by atoms with E-state index in [9.17, 15) is 4.79 Å². The number of carbonyl (C=O) groups is 1. The Balaban J connectivity index is 1.39. The summed E-state index contributed by atoms with van der Waals surface area (Å²) >= 11 is 1.59. The number of carbonyl (C=O) groups excluding carboxylic acids is 1. The van der Waals surface area contributed by atoms with Crippen LogP contribution in [0, 0.1) is 0 Å². The average molecular weight is 441 g/mol. The molecule has 0 spiro atoms. The van der Waals surface area contributed by atoms with Gasteiger partial charge < -0.3 is 19.5 Å². The van der Waals surface area contributed by atoms with Crippen molar-refractivity contribution >= 4 is 22.9 Å². The zero-order valence-electron chi connectivity index (χ0n) is 17.9. The summed E-state index contributed by atoms with van der Waals surface area (Å²) < 4.78 is 11.4. The van der Waals surface area contributed by atoms with Crippen LogP contribution in [-0.2, 0) is 11.2 Å². The Morgan fingerprint density at radius 1 is 1.26 bits per heavy atom. The van der Waals surface area contributed by atoms with Crippen LogP contribution in [0.4, 0.5) is 5.69 Å². The molecule has 4 rings (SSSR count). The van der Waals surface area contributed by atoms with Gasteiger partial charge in [0.25, 0.3) is 5.91 Å². The van der Waals surface area contributed by atoms with Crippen molar-refractivity contribution in [1.82, 2.24) is 15.5 Å². The van der Waals surface area contributed by atoms with Crippen molar-refractivity contribution in [3.05, 3.63) is 47.7 Å². The fourth-order valence-corrected chi connectivity index (χ4v) is 4.37. The van der Waals surface area contributed by atoms with Gasteiger partial charge in [0.15, 0.2) is 6.10 Å². The molecule has 0 fully saturated rings. The van der Waals surface area contributed by atoms with E-state index in [2.05, 4.69) is 34.2 Å². The first-order chi connectivity index (χ1) is 15.2. The van der Waals surface area contributed by atoms with Crippen molar-refractivity contribution in [3.63, 3.8) is 0 Å². The van der Waals surface area contributed by atoms with Gasteiger partial charge >= 0.3 is 0 Å². The van der Waals surface area contributed by atoms with E-state index in [0.29, 0.717) is 24.7 Å². The molecule has 0 bridgehead atoms. The van der Waals surface area contributed by atoms with Crippen molar-refractivity contribution in [3.8, 4) is 16.5 Å². The molecule has 2 aromatic heterocycles. The number of hydrogen-bond donors (Lipinski definition) is 1. The van der Waals surface area contributed by atoms with E-state index in [1.807, 2.05) is 41.8 Å². The molecule has 3 heterocycles. The largest absolute Gasteiger partial charge is 0.477 e. The maximum atomic E-state index is 12.8. The molecule has 164 valence electrons. The predicted octanol–water partition coefficient (Wildman–Crippen LogP) is 4.30. The number of para-hydroxylation sites is 2. The molecule has 1 atom stereocenters. The Hall–Kier alpha value is -2.87. The first-order valence-electron chi connectivity index (χ1n) is 10.8. The van der Waals surface area contributed by atoms with Crippen LogP contribution < -0.4 is 15.0 Å². The SMILES string of the molecule is CCC(CC)NC(=O)C1CN(CCCc2nc(-c3cccs3)no2)c2ccccc2O1. The third-order valence-corrected chi connectivity index (χ3v) is 6.38. The average Bonchev–Trinajstić information content (AvgIpc) is 3.49. The van der Waals surface area contributed by atoms with E-state index in [-0.39, 0.29) is 11.9 Å². The van der Waals surface area contributed by atoms with Crippen LogP contribution in [0.2, 0.25) is 0 Å². The van der Waals surface area contributed by atoms with Gasteiger partial charge in [-0.05, 0) is 42.8 Å². The highest BCUT2D eigenvalue weighted by Crippen LogP contribution is 2.33. The van der Waals surface area contributed by atoms with Gasteiger partial charge in [-0.2, -0.15) is 4.98 Å². The molecular weight excluding hydrogens is 412 g/mol. The summed E-state index contributed by atoms with van der Waals surface area (Å²) in [6.07, 6.45) is 2.81. The van der Waals surface area contributed by atoms with Crippen LogP contribution in [-0.4, -0.2) is 41.3 Å². The van der Waals surface area contributed by atoms with Crippen molar-refractivity contribution in [2.45, 2.75) is 51.7 Å². The van der Waals surface area contributed by atoms with Gasteiger partial charge in [-0.3, -0.25) is 4.79 Å². The molecule has 0 aliphatic carbocycles. The van der Waals surface area contributed by atoms with Crippen molar-refractivity contribution in [2.24, 2.45) is 0 Å². The van der Waals surface area contributed by atoms with E-state index in [0.717, 1.165) is 42.1 Å². The van der Waals surface area contributed by atoms with Crippen LogP contribution in [0.3, 0.4) is 0 Å². The van der Waals surface area contributed by atoms with Gasteiger partial charge in [0.2, 0.25) is 11.7 Å². The second-order valence-corrected chi connectivity index (χ2v) is 8.58. The second-order valence-electron chi connectivity index (χ2n) is 7.63.